The van der Waals surface area contributed by atoms with Gasteiger partial charge in [0.1, 0.15) is 11.6 Å². The third-order valence-corrected chi connectivity index (χ3v) is 7.10. The van der Waals surface area contributed by atoms with E-state index in [1.165, 1.54) is 25.7 Å². The first kappa shape index (κ1) is 21.0. The van der Waals surface area contributed by atoms with Gasteiger partial charge in [-0.3, -0.25) is 4.79 Å². The molecule has 0 radical (unpaired) electrons. The summed E-state index contributed by atoms with van der Waals surface area (Å²) in [5.41, 5.74) is 2.91. The Morgan fingerprint density at radius 2 is 1.81 bits per heavy atom. The molecule has 3 aliphatic heterocycles. The number of carbonyl (C=O) groups is 1. The van der Waals surface area contributed by atoms with Crippen molar-refractivity contribution in [2.24, 2.45) is 5.92 Å². The molecule has 5 rings (SSSR count). The first-order chi connectivity index (χ1) is 15.6. The number of hydrogen-bond acceptors (Lipinski definition) is 6. The van der Waals surface area contributed by atoms with Crippen LogP contribution < -0.4 is 14.5 Å². The average Bonchev–Trinajstić information content (AvgIpc) is 3.38. The zero-order valence-electron chi connectivity index (χ0n) is 19.2. The van der Waals surface area contributed by atoms with Crippen LogP contribution >= 0.6 is 0 Å². The van der Waals surface area contributed by atoms with E-state index >= 15 is 0 Å². The molecular weight excluding hydrogens is 402 g/mol. The SMILES string of the molecule is COc1cccc(C(=O)N2CCc3nc(N4CCC(C)CC4)nc(N4CCCC4)c3C2)c1. The number of amides is 1. The molecule has 0 bridgehead atoms. The monoisotopic (exact) mass is 435 g/mol. The number of benzene rings is 1. The van der Waals surface area contributed by atoms with Crippen LogP contribution in [0.2, 0.25) is 0 Å². The zero-order chi connectivity index (χ0) is 22.1. The fraction of sp³-hybridized carbons (Fsp3) is 0.560. The number of carbonyl (C=O) groups excluding carboxylic acids is 1. The summed E-state index contributed by atoms with van der Waals surface area (Å²) in [4.78, 5) is 30.1. The van der Waals surface area contributed by atoms with Gasteiger partial charge in [0, 0.05) is 50.3 Å². The Morgan fingerprint density at radius 3 is 2.56 bits per heavy atom. The maximum atomic E-state index is 13.3. The molecule has 7 heteroatoms. The van der Waals surface area contributed by atoms with E-state index in [0.29, 0.717) is 24.4 Å². The molecule has 3 aliphatic rings. The minimum atomic E-state index is 0.0380. The van der Waals surface area contributed by atoms with Crippen LogP contribution in [-0.2, 0) is 13.0 Å². The van der Waals surface area contributed by atoms with Gasteiger partial charge >= 0.3 is 0 Å². The molecule has 0 saturated carbocycles. The summed E-state index contributed by atoms with van der Waals surface area (Å²) >= 11 is 0. The summed E-state index contributed by atoms with van der Waals surface area (Å²) in [6.07, 6.45) is 5.56. The van der Waals surface area contributed by atoms with Crippen LogP contribution in [0.25, 0.3) is 0 Å². The molecule has 32 heavy (non-hydrogen) atoms. The molecule has 0 aliphatic carbocycles. The van der Waals surface area contributed by atoms with E-state index < -0.39 is 0 Å². The molecule has 0 N–H and O–H groups in total. The number of hydrogen-bond donors (Lipinski definition) is 0. The van der Waals surface area contributed by atoms with Crippen molar-refractivity contribution in [3.8, 4) is 5.75 Å². The number of nitrogens with zero attached hydrogens (tertiary/aromatic N) is 5. The highest BCUT2D eigenvalue weighted by Gasteiger charge is 2.30. The molecule has 0 unspecified atom stereocenters. The number of fused-ring (bicyclic) bond motifs is 1. The lowest BCUT2D eigenvalue weighted by molar-refractivity contribution is 0.0733. The first-order valence-electron chi connectivity index (χ1n) is 12.0. The van der Waals surface area contributed by atoms with Gasteiger partial charge in [-0.25, -0.2) is 4.98 Å². The topological polar surface area (TPSA) is 61.8 Å². The van der Waals surface area contributed by atoms with E-state index in [4.69, 9.17) is 14.7 Å². The fourth-order valence-corrected chi connectivity index (χ4v) is 5.04. The van der Waals surface area contributed by atoms with E-state index in [-0.39, 0.29) is 5.91 Å². The average molecular weight is 436 g/mol. The van der Waals surface area contributed by atoms with Gasteiger partial charge in [0.25, 0.3) is 5.91 Å². The predicted molar refractivity (Wildman–Crippen MR) is 126 cm³/mol. The second-order valence-electron chi connectivity index (χ2n) is 9.34. The predicted octanol–water partition coefficient (Wildman–Crippen LogP) is 3.52. The van der Waals surface area contributed by atoms with Crippen molar-refractivity contribution in [2.75, 3.05) is 49.6 Å². The molecule has 1 amide bonds. The molecule has 0 atom stereocenters. The van der Waals surface area contributed by atoms with Crippen molar-refractivity contribution < 1.29 is 9.53 Å². The standard InChI is InChI=1S/C25H33N5O2/c1-18-8-13-29(14-9-18)25-26-22-10-15-30(24(31)19-6-5-7-20(16-19)32-2)17-21(22)23(27-25)28-11-3-4-12-28/h5-7,16,18H,3-4,8-15,17H2,1-2H3. The zero-order valence-corrected chi connectivity index (χ0v) is 19.2. The van der Waals surface area contributed by atoms with Crippen LogP contribution in [0.15, 0.2) is 24.3 Å². The van der Waals surface area contributed by atoms with E-state index in [0.717, 1.165) is 61.5 Å². The highest BCUT2D eigenvalue weighted by Crippen LogP contribution is 2.32. The highest BCUT2D eigenvalue weighted by molar-refractivity contribution is 5.94. The molecule has 1 aromatic heterocycles. The number of aromatic nitrogens is 2. The Bertz CT molecular complexity index is 980. The maximum absolute atomic E-state index is 13.3. The smallest absolute Gasteiger partial charge is 0.254 e. The lowest BCUT2D eigenvalue weighted by atomic mass is 9.99. The highest BCUT2D eigenvalue weighted by atomic mass is 16.5. The molecule has 7 nitrogen and oxygen atoms in total. The van der Waals surface area contributed by atoms with Gasteiger partial charge in [-0.05, 0) is 49.8 Å². The summed E-state index contributed by atoms with van der Waals surface area (Å²) in [7, 11) is 1.63. The van der Waals surface area contributed by atoms with E-state index in [1.807, 2.05) is 29.2 Å². The third kappa shape index (κ3) is 4.12. The van der Waals surface area contributed by atoms with E-state index in [9.17, 15) is 4.79 Å². The number of methoxy groups -OCH3 is 1. The summed E-state index contributed by atoms with van der Waals surface area (Å²) in [5, 5.41) is 0. The van der Waals surface area contributed by atoms with E-state index in [2.05, 4.69) is 16.7 Å². The van der Waals surface area contributed by atoms with Crippen molar-refractivity contribution in [3.05, 3.63) is 41.1 Å². The largest absolute Gasteiger partial charge is 0.497 e. The van der Waals surface area contributed by atoms with Crippen LogP contribution in [0, 0.1) is 5.92 Å². The Hall–Kier alpha value is -2.83. The molecule has 2 saturated heterocycles. The Labute approximate surface area is 190 Å². The van der Waals surface area contributed by atoms with Crippen LogP contribution in [0.4, 0.5) is 11.8 Å². The van der Waals surface area contributed by atoms with Crippen molar-refractivity contribution >= 4 is 17.7 Å². The Kier molecular flexibility index (Phi) is 5.89. The molecule has 170 valence electrons. The minimum absolute atomic E-state index is 0.0380. The summed E-state index contributed by atoms with van der Waals surface area (Å²) in [5.74, 6) is 3.44. The van der Waals surface area contributed by atoms with Gasteiger partial charge in [0.2, 0.25) is 5.95 Å². The second kappa shape index (κ2) is 8.96. The van der Waals surface area contributed by atoms with Gasteiger partial charge in [0.05, 0.1) is 19.3 Å². The Balaban J connectivity index is 1.44. The fourth-order valence-electron chi connectivity index (χ4n) is 5.04. The van der Waals surface area contributed by atoms with Crippen LogP contribution in [0.5, 0.6) is 5.75 Å². The van der Waals surface area contributed by atoms with Gasteiger partial charge in [-0.1, -0.05) is 13.0 Å². The molecule has 0 spiro atoms. The van der Waals surface area contributed by atoms with Crippen molar-refractivity contribution in [1.82, 2.24) is 14.9 Å². The number of anilines is 2. The van der Waals surface area contributed by atoms with Crippen molar-refractivity contribution in [2.45, 2.75) is 45.6 Å². The summed E-state index contributed by atoms with van der Waals surface area (Å²) in [6, 6.07) is 7.41. The third-order valence-electron chi connectivity index (χ3n) is 7.10. The lowest BCUT2D eigenvalue weighted by Gasteiger charge is -2.35. The minimum Gasteiger partial charge on any atom is -0.497 e. The number of ether oxygens (including phenoxy) is 1. The Morgan fingerprint density at radius 1 is 1.03 bits per heavy atom. The number of rotatable bonds is 4. The molecule has 2 aromatic rings. The molecule has 2 fully saturated rings. The second-order valence-corrected chi connectivity index (χ2v) is 9.34. The summed E-state index contributed by atoms with van der Waals surface area (Å²) in [6.45, 7) is 7.69. The van der Waals surface area contributed by atoms with Gasteiger partial charge < -0.3 is 19.4 Å². The van der Waals surface area contributed by atoms with Crippen molar-refractivity contribution in [3.63, 3.8) is 0 Å². The quantitative estimate of drug-likeness (QED) is 0.732. The van der Waals surface area contributed by atoms with Crippen LogP contribution in [-0.4, -0.2) is 60.6 Å². The molecule has 1 aromatic carbocycles. The summed E-state index contributed by atoms with van der Waals surface area (Å²) < 4.78 is 5.31. The van der Waals surface area contributed by atoms with E-state index in [1.54, 1.807) is 7.11 Å². The number of piperidine rings is 1. The molecule has 4 heterocycles. The van der Waals surface area contributed by atoms with Gasteiger partial charge in [-0.2, -0.15) is 4.98 Å². The maximum Gasteiger partial charge on any atom is 0.254 e. The van der Waals surface area contributed by atoms with Gasteiger partial charge in [-0.15, -0.1) is 0 Å². The van der Waals surface area contributed by atoms with Crippen molar-refractivity contribution in [1.29, 1.82) is 0 Å². The first-order valence-corrected chi connectivity index (χ1v) is 12.0. The van der Waals surface area contributed by atoms with Crippen LogP contribution in [0.1, 0.15) is 54.2 Å². The lowest BCUT2D eigenvalue weighted by Crippen LogP contribution is -2.39. The van der Waals surface area contributed by atoms with Gasteiger partial charge in [0.15, 0.2) is 0 Å². The molecular formula is C25H33N5O2. The normalized spacial score (nSPS) is 19.2. The van der Waals surface area contributed by atoms with Crippen LogP contribution in [0.3, 0.4) is 0 Å².